The zero-order valence-electron chi connectivity index (χ0n) is 14.9. The third kappa shape index (κ3) is 2.88. The number of para-hydroxylation sites is 2. The van der Waals surface area contributed by atoms with Gasteiger partial charge in [0.1, 0.15) is 0 Å². The standard InChI is InChI=1S/C23H20N2O/c1-16-11-13-17(14-12-16)23(26)24-20-9-5-4-8-19(20)22-15-18-7-3-6-10-21(18)25(22)2/h3-15H,1-2H3,(H,24,26). The van der Waals surface area contributed by atoms with Crippen LogP contribution in [-0.2, 0) is 7.05 Å². The van der Waals surface area contributed by atoms with Gasteiger partial charge in [-0.2, -0.15) is 0 Å². The maximum atomic E-state index is 12.6. The molecule has 0 aliphatic heterocycles. The van der Waals surface area contributed by atoms with Gasteiger partial charge in [-0.1, -0.05) is 54.1 Å². The van der Waals surface area contributed by atoms with Crippen LogP contribution < -0.4 is 5.32 Å². The number of anilines is 1. The minimum atomic E-state index is -0.101. The first-order valence-electron chi connectivity index (χ1n) is 8.65. The molecule has 0 aliphatic carbocycles. The summed E-state index contributed by atoms with van der Waals surface area (Å²) in [7, 11) is 2.05. The normalized spacial score (nSPS) is 10.8. The Morgan fingerprint density at radius 2 is 1.58 bits per heavy atom. The Labute approximate surface area is 152 Å². The van der Waals surface area contributed by atoms with Gasteiger partial charge in [-0.3, -0.25) is 4.79 Å². The Bertz CT molecular complexity index is 1090. The monoisotopic (exact) mass is 340 g/mol. The van der Waals surface area contributed by atoms with E-state index in [9.17, 15) is 4.79 Å². The Morgan fingerprint density at radius 1 is 0.885 bits per heavy atom. The lowest BCUT2D eigenvalue weighted by Gasteiger charge is -2.12. The van der Waals surface area contributed by atoms with Crippen LogP contribution in [0.1, 0.15) is 15.9 Å². The zero-order chi connectivity index (χ0) is 18.1. The molecule has 1 N–H and O–H groups in total. The van der Waals surface area contributed by atoms with E-state index in [1.54, 1.807) is 0 Å². The van der Waals surface area contributed by atoms with Crippen LogP contribution in [0.2, 0.25) is 0 Å². The van der Waals surface area contributed by atoms with Crippen LogP contribution in [0.4, 0.5) is 5.69 Å². The van der Waals surface area contributed by atoms with Gasteiger partial charge in [0.15, 0.2) is 0 Å². The SMILES string of the molecule is Cc1ccc(C(=O)Nc2ccccc2-c2cc3ccccc3n2C)cc1. The molecule has 0 saturated heterocycles. The Kier molecular flexibility index (Phi) is 4.05. The van der Waals surface area contributed by atoms with Crippen molar-refractivity contribution >= 4 is 22.5 Å². The number of nitrogens with zero attached hydrogens (tertiary/aromatic N) is 1. The molecule has 1 amide bonds. The third-order valence-corrected chi connectivity index (χ3v) is 4.72. The minimum absolute atomic E-state index is 0.101. The van der Waals surface area contributed by atoms with Crippen molar-refractivity contribution in [3.63, 3.8) is 0 Å². The van der Waals surface area contributed by atoms with Gasteiger partial charge in [0.05, 0.1) is 11.4 Å². The zero-order valence-corrected chi connectivity index (χ0v) is 14.9. The first kappa shape index (κ1) is 16.2. The largest absolute Gasteiger partial charge is 0.344 e. The number of aryl methyl sites for hydroxylation is 2. The topological polar surface area (TPSA) is 34.0 Å². The van der Waals surface area contributed by atoms with E-state index < -0.39 is 0 Å². The second-order valence-corrected chi connectivity index (χ2v) is 6.51. The lowest BCUT2D eigenvalue weighted by atomic mass is 10.1. The van der Waals surface area contributed by atoms with E-state index in [0.29, 0.717) is 5.56 Å². The van der Waals surface area contributed by atoms with Gasteiger partial charge >= 0.3 is 0 Å². The van der Waals surface area contributed by atoms with E-state index >= 15 is 0 Å². The highest BCUT2D eigenvalue weighted by Crippen LogP contribution is 2.32. The van der Waals surface area contributed by atoms with Crippen LogP contribution in [0.5, 0.6) is 0 Å². The van der Waals surface area contributed by atoms with Crippen LogP contribution in [0.15, 0.2) is 78.9 Å². The summed E-state index contributed by atoms with van der Waals surface area (Å²) in [6, 6.07) is 26.0. The number of carbonyl (C=O) groups is 1. The van der Waals surface area contributed by atoms with Gasteiger partial charge in [-0.05, 0) is 37.3 Å². The molecule has 3 aromatic carbocycles. The Hall–Kier alpha value is -3.33. The third-order valence-electron chi connectivity index (χ3n) is 4.72. The molecule has 1 heterocycles. The van der Waals surface area contributed by atoms with Gasteiger partial charge in [0.25, 0.3) is 5.91 Å². The molecule has 0 radical (unpaired) electrons. The summed E-state index contributed by atoms with van der Waals surface area (Å²) >= 11 is 0. The van der Waals surface area contributed by atoms with Gasteiger partial charge < -0.3 is 9.88 Å². The molecule has 0 bridgehead atoms. The average Bonchev–Trinajstić information content (AvgIpc) is 3.00. The fourth-order valence-corrected chi connectivity index (χ4v) is 3.26. The maximum absolute atomic E-state index is 12.6. The molecule has 0 fully saturated rings. The molecule has 1 aromatic heterocycles. The maximum Gasteiger partial charge on any atom is 0.255 e. The molecule has 4 rings (SSSR count). The van der Waals surface area contributed by atoms with E-state index in [-0.39, 0.29) is 5.91 Å². The van der Waals surface area contributed by atoms with E-state index in [0.717, 1.165) is 22.5 Å². The number of hydrogen-bond acceptors (Lipinski definition) is 1. The Morgan fingerprint density at radius 3 is 2.35 bits per heavy atom. The quantitative estimate of drug-likeness (QED) is 0.532. The second-order valence-electron chi connectivity index (χ2n) is 6.51. The smallest absolute Gasteiger partial charge is 0.255 e. The molecule has 128 valence electrons. The summed E-state index contributed by atoms with van der Waals surface area (Å²) in [6.45, 7) is 2.01. The van der Waals surface area contributed by atoms with Crippen LogP contribution in [0.25, 0.3) is 22.2 Å². The molecule has 3 heteroatoms. The molecular formula is C23H20N2O. The lowest BCUT2D eigenvalue weighted by Crippen LogP contribution is -2.12. The van der Waals surface area contributed by atoms with Crippen molar-refractivity contribution in [1.82, 2.24) is 4.57 Å². The number of rotatable bonds is 3. The van der Waals surface area contributed by atoms with Crippen molar-refractivity contribution in [2.75, 3.05) is 5.32 Å². The predicted molar refractivity (Wildman–Crippen MR) is 107 cm³/mol. The molecule has 4 aromatic rings. The van der Waals surface area contributed by atoms with Gasteiger partial charge in [-0.15, -0.1) is 0 Å². The van der Waals surface area contributed by atoms with E-state index in [4.69, 9.17) is 0 Å². The highest BCUT2D eigenvalue weighted by Gasteiger charge is 2.13. The number of nitrogens with one attached hydrogen (secondary N) is 1. The summed E-state index contributed by atoms with van der Waals surface area (Å²) < 4.78 is 2.16. The first-order valence-corrected chi connectivity index (χ1v) is 8.65. The van der Waals surface area contributed by atoms with Gasteiger partial charge in [0, 0.05) is 29.1 Å². The van der Waals surface area contributed by atoms with Crippen molar-refractivity contribution in [3.05, 3.63) is 90.0 Å². The summed E-state index contributed by atoms with van der Waals surface area (Å²) in [6.07, 6.45) is 0. The lowest BCUT2D eigenvalue weighted by molar-refractivity contribution is 0.102. The summed E-state index contributed by atoms with van der Waals surface area (Å²) in [4.78, 5) is 12.6. The van der Waals surface area contributed by atoms with E-state index in [2.05, 4.69) is 35.1 Å². The number of fused-ring (bicyclic) bond motifs is 1. The summed E-state index contributed by atoms with van der Waals surface area (Å²) in [5.41, 5.74) is 5.85. The van der Waals surface area contributed by atoms with Crippen LogP contribution >= 0.6 is 0 Å². The van der Waals surface area contributed by atoms with Gasteiger partial charge in [-0.25, -0.2) is 0 Å². The van der Waals surface area contributed by atoms with Crippen molar-refractivity contribution < 1.29 is 4.79 Å². The van der Waals surface area contributed by atoms with Gasteiger partial charge in [0.2, 0.25) is 0 Å². The molecule has 0 atom stereocenters. The molecule has 3 nitrogen and oxygen atoms in total. The number of aromatic nitrogens is 1. The summed E-state index contributed by atoms with van der Waals surface area (Å²) in [5.74, 6) is -0.101. The van der Waals surface area contributed by atoms with Crippen molar-refractivity contribution in [2.24, 2.45) is 7.05 Å². The number of benzene rings is 3. The number of hydrogen-bond donors (Lipinski definition) is 1. The highest BCUT2D eigenvalue weighted by atomic mass is 16.1. The molecular weight excluding hydrogens is 320 g/mol. The predicted octanol–water partition coefficient (Wildman–Crippen LogP) is 5.41. The Balaban J connectivity index is 1.74. The molecule has 0 saturated carbocycles. The average molecular weight is 340 g/mol. The van der Waals surface area contributed by atoms with Crippen LogP contribution in [-0.4, -0.2) is 10.5 Å². The highest BCUT2D eigenvalue weighted by molar-refractivity contribution is 6.06. The van der Waals surface area contributed by atoms with Crippen LogP contribution in [0, 0.1) is 6.92 Å². The minimum Gasteiger partial charge on any atom is -0.344 e. The first-order chi connectivity index (χ1) is 12.6. The molecule has 0 unspecified atom stereocenters. The molecule has 0 spiro atoms. The van der Waals surface area contributed by atoms with Crippen molar-refractivity contribution in [3.8, 4) is 11.3 Å². The summed E-state index contributed by atoms with van der Waals surface area (Å²) in [5, 5.41) is 4.25. The number of carbonyl (C=O) groups excluding carboxylic acids is 1. The number of amides is 1. The fourth-order valence-electron chi connectivity index (χ4n) is 3.26. The van der Waals surface area contributed by atoms with Crippen LogP contribution in [0.3, 0.4) is 0 Å². The van der Waals surface area contributed by atoms with Crippen molar-refractivity contribution in [1.29, 1.82) is 0 Å². The molecule has 26 heavy (non-hydrogen) atoms. The van der Waals surface area contributed by atoms with E-state index in [1.165, 1.54) is 10.9 Å². The second kappa shape index (κ2) is 6.52. The van der Waals surface area contributed by atoms with Crippen molar-refractivity contribution in [2.45, 2.75) is 6.92 Å². The fraction of sp³-hybridized carbons (Fsp3) is 0.0870. The van der Waals surface area contributed by atoms with E-state index in [1.807, 2.05) is 67.6 Å². The molecule has 0 aliphatic rings.